The van der Waals surface area contributed by atoms with Crippen molar-refractivity contribution in [1.82, 2.24) is 4.98 Å². The molecule has 1 heterocycles. The highest BCUT2D eigenvalue weighted by Gasteiger charge is 1.94. The number of pyridine rings is 1. The number of hydrogen-bond donors (Lipinski definition) is 0. The summed E-state index contributed by atoms with van der Waals surface area (Å²) in [7, 11) is 0. The van der Waals surface area contributed by atoms with E-state index in [1.807, 2.05) is 18.2 Å². The van der Waals surface area contributed by atoms with Gasteiger partial charge in [-0.05, 0) is 26.0 Å². The van der Waals surface area contributed by atoms with E-state index in [1.165, 1.54) is 13.8 Å². The van der Waals surface area contributed by atoms with Crippen LogP contribution in [0.15, 0.2) is 30.6 Å². The zero-order chi connectivity index (χ0) is 10.1. The summed E-state index contributed by atoms with van der Waals surface area (Å²) in [6.07, 6.45) is 3.58. The van der Waals surface area contributed by atoms with Crippen LogP contribution in [0, 0.1) is 0 Å². The van der Waals surface area contributed by atoms with Crippen molar-refractivity contribution in [3.63, 3.8) is 0 Å². The lowest BCUT2D eigenvalue weighted by Crippen LogP contribution is -1.97. The fourth-order valence-electron chi connectivity index (χ4n) is 0.663. The first-order valence-electron chi connectivity index (χ1n) is 3.97. The number of carbonyl (C=O) groups is 2. The van der Waals surface area contributed by atoms with Gasteiger partial charge in [0.2, 0.25) is 0 Å². The molecule has 13 heavy (non-hydrogen) atoms. The summed E-state index contributed by atoms with van der Waals surface area (Å²) in [4.78, 5) is 23.9. The summed E-state index contributed by atoms with van der Waals surface area (Å²) in [5.74, 6) is -0.125. The van der Waals surface area contributed by atoms with E-state index in [1.54, 1.807) is 12.4 Å². The predicted molar refractivity (Wildman–Crippen MR) is 50.2 cm³/mol. The van der Waals surface area contributed by atoms with Crippen LogP contribution in [0.5, 0.6) is 0 Å². The maximum absolute atomic E-state index is 10.0. The van der Waals surface area contributed by atoms with Crippen molar-refractivity contribution in [2.75, 3.05) is 0 Å². The zero-order valence-electron chi connectivity index (χ0n) is 7.86. The molecule has 3 heteroatoms. The van der Waals surface area contributed by atoms with Crippen LogP contribution in [-0.4, -0.2) is 16.6 Å². The molecule has 0 amide bonds. The number of ketones is 2. The van der Waals surface area contributed by atoms with Gasteiger partial charge >= 0.3 is 0 Å². The van der Waals surface area contributed by atoms with Crippen molar-refractivity contribution in [2.45, 2.75) is 20.3 Å². The van der Waals surface area contributed by atoms with Crippen LogP contribution in [0.4, 0.5) is 0 Å². The molecule has 0 aliphatic carbocycles. The summed E-state index contributed by atoms with van der Waals surface area (Å²) >= 11 is 0. The molecule has 0 aliphatic rings. The van der Waals surface area contributed by atoms with Gasteiger partial charge in [0.15, 0.2) is 0 Å². The molecule has 0 spiro atoms. The molecule has 0 bridgehead atoms. The first-order valence-corrected chi connectivity index (χ1v) is 3.97. The van der Waals surface area contributed by atoms with Gasteiger partial charge < -0.3 is 0 Å². The van der Waals surface area contributed by atoms with E-state index in [2.05, 4.69) is 4.98 Å². The van der Waals surface area contributed by atoms with Gasteiger partial charge in [0.1, 0.15) is 11.6 Å². The van der Waals surface area contributed by atoms with Gasteiger partial charge in [-0.25, -0.2) is 0 Å². The Hall–Kier alpha value is -1.51. The summed E-state index contributed by atoms with van der Waals surface area (Å²) in [5, 5.41) is 0. The van der Waals surface area contributed by atoms with Crippen molar-refractivity contribution in [2.24, 2.45) is 0 Å². The van der Waals surface area contributed by atoms with Gasteiger partial charge in [-0.3, -0.25) is 14.6 Å². The Bertz CT molecular complexity index is 218. The molecule has 0 fully saturated rings. The number of nitrogens with zero attached hydrogens (tertiary/aromatic N) is 1. The molecule has 0 aromatic carbocycles. The monoisotopic (exact) mass is 179 g/mol. The highest BCUT2D eigenvalue weighted by Crippen LogP contribution is 1.80. The molecule has 0 aliphatic heterocycles. The van der Waals surface area contributed by atoms with Crippen LogP contribution >= 0.6 is 0 Å². The fraction of sp³-hybridized carbons (Fsp3) is 0.300. The summed E-state index contributed by atoms with van der Waals surface area (Å²) in [6, 6.07) is 5.72. The van der Waals surface area contributed by atoms with Crippen LogP contribution in [0.3, 0.4) is 0 Å². The lowest BCUT2D eigenvalue weighted by molar-refractivity contribution is -0.124. The van der Waals surface area contributed by atoms with Crippen LogP contribution in [0.1, 0.15) is 20.3 Å². The largest absolute Gasteiger partial charge is 0.300 e. The molecule has 0 radical (unpaired) electrons. The average molecular weight is 179 g/mol. The molecule has 0 saturated carbocycles. The first-order chi connectivity index (χ1) is 6.13. The van der Waals surface area contributed by atoms with E-state index in [4.69, 9.17) is 0 Å². The van der Waals surface area contributed by atoms with Gasteiger partial charge in [-0.2, -0.15) is 0 Å². The molecule has 1 aromatic rings. The molecule has 1 rings (SSSR count). The smallest absolute Gasteiger partial charge is 0.137 e. The predicted octanol–water partition coefficient (Wildman–Crippen LogP) is 1.64. The maximum atomic E-state index is 10.0. The van der Waals surface area contributed by atoms with E-state index >= 15 is 0 Å². The van der Waals surface area contributed by atoms with Gasteiger partial charge in [0, 0.05) is 12.4 Å². The molecule has 0 saturated heterocycles. The summed E-state index contributed by atoms with van der Waals surface area (Å²) in [5.41, 5.74) is 0. The van der Waals surface area contributed by atoms with Crippen LogP contribution in [-0.2, 0) is 9.59 Å². The number of carbonyl (C=O) groups excluding carboxylic acids is 2. The Balaban J connectivity index is 0.000000223. The van der Waals surface area contributed by atoms with Crippen LogP contribution in [0.2, 0.25) is 0 Å². The van der Waals surface area contributed by atoms with Gasteiger partial charge in [0.05, 0.1) is 6.42 Å². The van der Waals surface area contributed by atoms with Gasteiger partial charge in [-0.15, -0.1) is 0 Å². The van der Waals surface area contributed by atoms with Crippen LogP contribution < -0.4 is 0 Å². The highest BCUT2D eigenvalue weighted by molar-refractivity contribution is 5.96. The van der Waals surface area contributed by atoms with E-state index in [-0.39, 0.29) is 18.0 Å². The normalized spacial score (nSPS) is 8.15. The Kier molecular flexibility index (Phi) is 6.32. The van der Waals surface area contributed by atoms with Crippen molar-refractivity contribution < 1.29 is 9.59 Å². The highest BCUT2D eigenvalue weighted by atomic mass is 16.1. The molecular formula is C10H13NO2. The number of rotatable bonds is 2. The maximum Gasteiger partial charge on any atom is 0.137 e. The minimum atomic E-state index is -0.0625. The minimum absolute atomic E-state index is 0.0625. The average Bonchev–Trinajstić information content (AvgIpc) is 2.06. The van der Waals surface area contributed by atoms with Crippen LogP contribution in [0.25, 0.3) is 0 Å². The number of aromatic nitrogens is 1. The van der Waals surface area contributed by atoms with Crippen molar-refractivity contribution in [3.05, 3.63) is 30.6 Å². The lowest BCUT2D eigenvalue weighted by Gasteiger charge is -1.81. The number of Topliss-reactive ketones (excluding diaryl/α,β-unsaturated/α-hetero) is 2. The van der Waals surface area contributed by atoms with Crippen molar-refractivity contribution >= 4 is 11.6 Å². The molecule has 0 atom stereocenters. The standard InChI is InChI=1S/C5H5N.C5H8O2/c1-2-4-6-5-3-1;1-4(6)3-5(2)7/h1-5H;3H2,1-2H3. The Morgan fingerprint density at radius 1 is 1.00 bits per heavy atom. The van der Waals surface area contributed by atoms with E-state index in [0.717, 1.165) is 0 Å². The second kappa shape index (κ2) is 7.16. The Morgan fingerprint density at radius 2 is 1.46 bits per heavy atom. The topological polar surface area (TPSA) is 47.0 Å². The second-order valence-electron chi connectivity index (χ2n) is 2.61. The number of hydrogen-bond acceptors (Lipinski definition) is 3. The van der Waals surface area contributed by atoms with Crippen molar-refractivity contribution in [1.29, 1.82) is 0 Å². The third-order valence-corrected chi connectivity index (χ3v) is 1.06. The van der Waals surface area contributed by atoms with Gasteiger partial charge in [0.25, 0.3) is 0 Å². The fourth-order valence-corrected chi connectivity index (χ4v) is 0.663. The molecule has 70 valence electrons. The Labute approximate surface area is 77.8 Å². The SMILES string of the molecule is CC(=O)CC(C)=O.c1ccncc1. The lowest BCUT2D eigenvalue weighted by atomic mass is 10.2. The van der Waals surface area contributed by atoms with Gasteiger partial charge in [-0.1, -0.05) is 6.07 Å². The minimum Gasteiger partial charge on any atom is -0.300 e. The molecule has 3 nitrogen and oxygen atoms in total. The van der Waals surface area contributed by atoms with E-state index in [9.17, 15) is 9.59 Å². The molecule has 0 N–H and O–H groups in total. The second-order valence-corrected chi connectivity index (χ2v) is 2.61. The van der Waals surface area contributed by atoms with E-state index < -0.39 is 0 Å². The summed E-state index contributed by atoms with van der Waals surface area (Å²) < 4.78 is 0. The first kappa shape index (κ1) is 11.5. The molecule has 1 aromatic heterocycles. The zero-order valence-corrected chi connectivity index (χ0v) is 7.86. The molecule has 0 unspecified atom stereocenters. The third kappa shape index (κ3) is 10.5. The molecular weight excluding hydrogens is 166 g/mol. The Morgan fingerprint density at radius 3 is 1.54 bits per heavy atom. The summed E-state index contributed by atoms with van der Waals surface area (Å²) in [6.45, 7) is 2.81. The van der Waals surface area contributed by atoms with Crippen molar-refractivity contribution in [3.8, 4) is 0 Å². The third-order valence-electron chi connectivity index (χ3n) is 1.06. The quantitative estimate of drug-likeness (QED) is 0.648. The van der Waals surface area contributed by atoms with E-state index in [0.29, 0.717) is 0 Å².